The van der Waals surface area contributed by atoms with Crippen LogP contribution in [0.4, 0.5) is 0 Å². The number of carbonyl (C=O) groups is 2. The highest BCUT2D eigenvalue weighted by Gasteiger charge is 2.64. The number of ether oxygens (including phenoxy) is 2. The van der Waals surface area contributed by atoms with Gasteiger partial charge in [0.05, 0.1) is 34.1 Å². The van der Waals surface area contributed by atoms with E-state index >= 15 is 0 Å². The van der Waals surface area contributed by atoms with E-state index in [4.69, 9.17) is 32.7 Å². The van der Waals surface area contributed by atoms with E-state index in [9.17, 15) is 26.4 Å². The third-order valence-electron chi connectivity index (χ3n) is 7.50. The molecule has 3 rings (SSSR count). The first kappa shape index (κ1) is 37.2. The number of rotatable bonds is 18. The highest BCUT2D eigenvalue weighted by atomic mass is 35.5. The van der Waals surface area contributed by atoms with Crippen LogP contribution >= 0.6 is 23.2 Å². The second-order valence-corrected chi connectivity index (χ2v) is 16.3. The fourth-order valence-corrected chi connectivity index (χ4v) is 8.92. The van der Waals surface area contributed by atoms with Gasteiger partial charge in [-0.05, 0) is 74.2 Å². The molecule has 1 fully saturated rings. The number of hydrogen-bond donors (Lipinski definition) is 0. The predicted octanol–water partition coefficient (Wildman–Crippen LogP) is 5.74. The van der Waals surface area contributed by atoms with Gasteiger partial charge in [-0.2, -0.15) is 8.61 Å². The van der Waals surface area contributed by atoms with Gasteiger partial charge in [0.1, 0.15) is 4.33 Å². The largest absolute Gasteiger partial charge is 0.462 e. The molecular formula is C31H42Cl2N2O8S2. The number of esters is 2. The van der Waals surface area contributed by atoms with Crippen LogP contribution in [0.2, 0.25) is 0 Å². The highest BCUT2D eigenvalue weighted by molar-refractivity contribution is 7.89. The molecule has 10 nitrogen and oxygen atoms in total. The Morgan fingerprint density at radius 3 is 1.18 bits per heavy atom. The van der Waals surface area contributed by atoms with Crippen molar-refractivity contribution < 1.29 is 35.9 Å². The molecular weight excluding hydrogens is 663 g/mol. The van der Waals surface area contributed by atoms with Gasteiger partial charge >= 0.3 is 11.9 Å². The van der Waals surface area contributed by atoms with Crippen molar-refractivity contribution in [2.75, 3.05) is 39.4 Å². The molecule has 2 aromatic carbocycles. The van der Waals surface area contributed by atoms with Crippen LogP contribution in [-0.2, 0) is 29.5 Å². The Morgan fingerprint density at radius 1 is 0.622 bits per heavy atom. The molecule has 45 heavy (non-hydrogen) atoms. The number of alkyl halides is 2. The summed E-state index contributed by atoms with van der Waals surface area (Å²) in [5.41, 5.74) is 0.339. The van der Waals surface area contributed by atoms with Crippen LogP contribution in [-0.4, -0.2) is 81.1 Å². The quantitative estimate of drug-likeness (QED) is 0.142. The minimum atomic E-state index is -3.68. The van der Waals surface area contributed by atoms with E-state index in [1.165, 1.54) is 57.1 Å². The summed E-state index contributed by atoms with van der Waals surface area (Å²) >= 11 is 12.8. The Kier molecular flexibility index (Phi) is 13.3. The molecule has 1 aliphatic carbocycles. The summed E-state index contributed by atoms with van der Waals surface area (Å²) in [6, 6.07) is 11.1. The average Bonchev–Trinajstić information content (AvgIpc) is 3.55. The second-order valence-electron chi connectivity index (χ2n) is 10.9. The molecule has 0 radical (unpaired) electrons. The van der Waals surface area contributed by atoms with Crippen LogP contribution in [0.3, 0.4) is 0 Å². The summed E-state index contributed by atoms with van der Waals surface area (Å²) in [5, 5.41) is 0. The first-order chi connectivity index (χ1) is 21.2. The normalized spacial score (nSPS) is 17.8. The van der Waals surface area contributed by atoms with Crippen molar-refractivity contribution in [2.24, 2.45) is 11.8 Å². The fraction of sp³-hybridized carbons (Fsp3) is 0.548. The van der Waals surface area contributed by atoms with E-state index in [0.717, 1.165) is 0 Å². The smallest absolute Gasteiger partial charge is 0.338 e. The van der Waals surface area contributed by atoms with Crippen LogP contribution < -0.4 is 0 Å². The van der Waals surface area contributed by atoms with E-state index in [2.05, 4.69) is 0 Å². The summed E-state index contributed by atoms with van der Waals surface area (Å²) in [6.07, 6.45) is 2.74. The van der Waals surface area contributed by atoms with Gasteiger partial charge in [-0.1, -0.05) is 27.7 Å². The van der Waals surface area contributed by atoms with Crippen LogP contribution in [0.15, 0.2) is 58.3 Å². The fourth-order valence-electron chi connectivity index (χ4n) is 4.94. The summed E-state index contributed by atoms with van der Waals surface area (Å²) in [5.74, 6) is -2.33. The Morgan fingerprint density at radius 2 is 0.911 bits per heavy atom. The lowest BCUT2D eigenvalue weighted by molar-refractivity contribution is 0.0419. The summed E-state index contributed by atoms with van der Waals surface area (Å²) in [6.45, 7) is 9.00. The molecule has 2 atom stereocenters. The number of halogens is 2. The maximum atomic E-state index is 13.0. The Labute approximate surface area is 277 Å². The first-order valence-electron chi connectivity index (χ1n) is 15.2. The maximum absolute atomic E-state index is 13.0. The molecule has 0 aromatic heterocycles. The zero-order valence-electron chi connectivity index (χ0n) is 26.1. The summed E-state index contributed by atoms with van der Waals surface area (Å²) in [4.78, 5) is 25.5. The first-order valence-corrected chi connectivity index (χ1v) is 18.8. The lowest BCUT2D eigenvalue weighted by Gasteiger charge is -2.21. The van der Waals surface area contributed by atoms with Crippen LogP contribution in [0.5, 0.6) is 0 Å². The van der Waals surface area contributed by atoms with Gasteiger partial charge in [0, 0.05) is 38.0 Å². The van der Waals surface area contributed by atoms with E-state index in [0.29, 0.717) is 51.9 Å². The Balaban J connectivity index is 1.54. The van der Waals surface area contributed by atoms with Crippen molar-refractivity contribution in [3.05, 3.63) is 59.7 Å². The Bertz CT molecular complexity index is 1390. The standard InChI is InChI=1S/C31H42Cl2N2O8S2/c1-5-17-34(18-6-2)44(38,39)25-13-9-23(10-14-25)29(36)42-21-27-28(31(27,32)33)22-43-30(37)24-11-15-26(16-12-24)45(40,41)35(19-7-3)20-8-4/h9-16,27-28H,5-8,17-22H2,1-4H3/t27-,28-/m1/s1. The lowest BCUT2D eigenvalue weighted by atomic mass is 10.2. The molecule has 0 saturated heterocycles. The SMILES string of the molecule is CCCN(CCC)S(=O)(=O)c1ccc(C(=O)OC[C@@H]2[C@@H](COC(=O)c3ccc(S(=O)(=O)N(CCC)CCC)cc3)C2(Cl)Cl)cc1. The predicted molar refractivity (Wildman–Crippen MR) is 174 cm³/mol. The van der Waals surface area contributed by atoms with Gasteiger partial charge in [0.15, 0.2) is 0 Å². The topological polar surface area (TPSA) is 127 Å². The van der Waals surface area contributed by atoms with Gasteiger partial charge in [-0.3, -0.25) is 0 Å². The van der Waals surface area contributed by atoms with Crippen molar-refractivity contribution in [2.45, 2.75) is 67.5 Å². The third kappa shape index (κ3) is 8.99. The van der Waals surface area contributed by atoms with Gasteiger partial charge in [-0.15, -0.1) is 23.2 Å². The zero-order valence-corrected chi connectivity index (χ0v) is 29.2. The number of carbonyl (C=O) groups excluding carboxylic acids is 2. The molecule has 2 aromatic rings. The number of hydrogen-bond acceptors (Lipinski definition) is 8. The van der Waals surface area contributed by atoms with Gasteiger partial charge in [-0.25, -0.2) is 26.4 Å². The average molecular weight is 706 g/mol. The van der Waals surface area contributed by atoms with Crippen molar-refractivity contribution >= 4 is 55.2 Å². The molecule has 0 amide bonds. The molecule has 0 unspecified atom stereocenters. The molecule has 0 aliphatic heterocycles. The third-order valence-corrected chi connectivity index (χ3v) is 12.4. The van der Waals surface area contributed by atoms with Crippen molar-refractivity contribution in [1.29, 1.82) is 0 Å². The van der Waals surface area contributed by atoms with Crippen LogP contribution in [0.1, 0.15) is 74.1 Å². The second kappa shape index (κ2) is 16.1. The molecule has 250 valence electrons. The monoisotopic (exact) mass is 704 g/mol. The van der Waals surface area contributed by atoms with E-state index in [1.807, 2.05) is 27.7 Å². The zero-order chi connectivity index (χ0) is 33.4. The minimum absolute atomic E-state index is 0.0942. The molecule has 1 saturated carbocycles. The van der Waals surface area contributed by atoms with Crippen molar-refractivity contribution in [3.63, 3.8) is 0 Å². The summed E-state index contributed by atoms with van der Waals surface area (Å²) < 4.78 is 64.2. The Hall–Kier alpha value is -2.22. The van der Waals surface area contributed by atoms with Gasteiger partial charge < -0.3 is 9.47 Å². The van der Waals surface area contributed by atoms with E-state index < -0.39 is 48.2 Å². The van der Waals surface area contributed by atoms with E-state index in [1.54, 1.807) is 0 Å². The molecule has 14 heteroatoms. The van der Waals surface area contributed by atoms with Gasteiger partial charge in [0.25, 0.3) is 0 Å². The lowest BCUT2D eigenvalue weighted by Crippen LogP contribution is -2.32. The van der Waals surface area contributed by atoms with Crippen molar-refractivity contribution in [1.82, 2.24) is 8.61 Å². The maximum Gasteiger partial charge on any atom is 0.338 e. The number of nitrogens with zero attached hydrogens (tertiary/aromatic N) is 2. The summed E-state index contributed by atoms with van der Waals surface area (Å²) in [7, 11) is -7.36. The minimum Gasteiger partial charge on any atom is -0.462 e. The molecule has 0 spiro atoms. The number of sulfonamides is 2. The van der Waals surface area contributed by atoms with Gasteiger partial charge in [0.2, 0.25) is 20.0 Å². The molecule has 0 heterocycles. The highest BCUT2D eigenvalue weighted by Crippen LogP contribution is 2.59. The molecule has 0 bridgehead atoms. The molecule has 1 aliphatic rings. The van der Waals surface area contributed by atoms with Crippen LogP contribution in [0.25, 0.3) is 0 Å². The van der Waals surface area contributed by atoms with Crippen LogP contribution in [0, 0.1) is 11.8 Å². The molecule has 0 N–H and O–H groups in total. The van der Waals surface area contributed by atoms with Crippen molar-refractivity contribution in [3.8, 4) is 0 Å². The number of benzene rings is 2. The van der Waals surface area contributed by atoms with E-state index in [-0.39, 0.29) is 34.1 Å².